The molecule has 4 aromatic carbocycles. The van der Waals surface area contributed by atoms with E-state index in [1.165, 1.54) is 7.11 Å². The van der Waals surface area contributed by atoms with Gasteiger partial charge < -0.3 is 38.9 Å². The van der Waals surface area contributed by atoms with Gasteiger partial charge in [0.15, 0.2) is 28.8 Å². The first-order valence-electron chi connectivity index (χ1n) is 27.6. The number of ketones is 3. The summed E-state index contributed by atoms with van der Waals surface area (Å²) in [6, 6.07) is 30.7. The fourth-order valence-corrected chi connectivity index (χ4v) is 9.77. The highest BCUT2D eigenvalue weighted by Gasteiger charge is 2.50. The number of ether oxygens (including phenoxy) is 4. The highest BCUT2D eigenvalue weighted by molar-refractivity contribution is 5.98. The van der Waals surface area contributed by atoms with E-state index in [-0.39, 0.29) is 67.3 Å². The molecule has 4 aromatic rings. The van der Waals surface area contributed by atoms with Gasteiger partial charge in [-0.25, -0.2) is 0 Å². The second-order valence-electron chi connectivity index (χ2n) is 23.4. The quantitative estimate of drug-likeness (QED) is 0.0127. The number of amides is 2. The lowest BCUT2D eigenvalue weighted by atomic mass is 9.87. The molecule has 2 aliphatic rings. The molecule has 2 aliphatic heterocycles. The smallest absolute Gasteiger partial charge is 0.316 e. The first kappa shape index (κ1) is 60.7. The number of esters is 1. The van der Waals surface area contributed by atoms with Gasteiger partial charge in [-0.2, -0.15) is 0 Å². The number of nitrogens with one attached hydrogen (secondary N) is 2. The molecule has 0 aliphatic carbocycles. The summed E-state index contributed by atoms with van der Waals surface area (Å²) >= 11 is 0. The summed E-state index contributed by atoms with van der Waals surface area (Å²) in [5.41, 5.74) is 2.76. The molecule has 0 bridgehead atoms. The van der Waals surface area contributed by atoms with Gasteiger partial charge in [-0.1, -0.05) is 118 Å². The maximum absolute atomic E-state index is 14.8. The number of hydrogen-bond acceptors (Lipinski definition) is 12. The van der Waals surface area contributed by atoms with Gasteiger partial charge in [-0.3, -0.25) is 28.8 Å². The Balaban J connectivity index is 1.22. The van der Waals surface area contributed by atoms with E-state index < -0.39 is 52.7 Å². The molecule has 0 spiro atoms. The van der Waals surface area contributed by atoms with Crippen LogP contribution >= 0.6 is 0 Å². The summed E-state index contributed by atoms with van der Waals surface area (Å²) in [4.78, 5) is 90.1. The van der Waals surface area contributed by atoms with Crippen LogP contribution in [-0.2, 0) is 69.1 Å². The highest BCUT2D eigenvalue weighted by Crippen LogP contribution is 2.34. The van der Waals surface area contributed by atoms with Gasteiger partial charge in [0, 0.05) is 30.2 Å². The van der Waals surface area contributed by atoms with E-state index in [0.29, 0.717) is 75.4 Å². The molecule has 78 heavy (non-hydrogen) atoms. The third-order valence-corrected chi connectivity index (χ3v) is 14.4. The van der Waals surface area contributed by atoms with Crippen LogP contribution in [0.4, 0.5) is 0 Å². The third-order valence-electron chi connectivity index (χ3n) is 14.4. The molecule has 0 aromatic heterocycles. The molecular formula is C63H83N4O11+. The van der Waals surface area contributed by atoms with Crippen molar-refractivity contribution in [3.05, 3.63) is 131 Å². The Bertz CT molecular complexity index is 2650. The van der Waals surface area contributed by atoms with Crippen LogP contribution < -0.4 is 20.1 Å². The maximum atomic E-state index is 14.8. The van der Waals surface area contributed by atoms with Crippen LogP contribution in [0.5, 0.6) is 11.5 Å². The molecule has 420 valence electrons. The lowest BCUT2D eigenvalue weighted by Gasteiger charge is -2.41. The van der Waals surface area contributed by atoms with Gasteiger partial charge in [0.2, 0.25) is 11.8 Å². The average Bonchev–Trinajstić information content (AvgIpc) is 4.17. The fourth-order valence-electron chi connectivity index (χ4n) is 9.77. The zero-order valence-corrected chi connectivity index (χ0v) is 47.3. The van der Waals surface area contributed by atoms with E-state index in [1.54, 1.807) is 40.0 Å². The van der Waals surface area contributed by atoms with Gasteiger partial charge in [0.1, 0.15) is 45.5 Å². The van der Waals surface area contributed by atoms with E-state index in [0.717, 1.165) is 27.8 Å². The summed E-state index contributed by atoms with van der Waals surface area (Å²) in [5, 5.41) is 9.95. The largest absolute Gasteiger partial charge is 0.485 e. The van der Waals surface area contributed by atoms with Crippen molar-refractivity contribution in [2.24, 2.45) is 34.2 Å². The number of oxime groups is 1. The van der Waals surface area contributed by atoms with Crippen molar-refractivity contribution in [2.75, 3.05) is 46.6 Å². The average molecular weight is 1070 g/mol. The Morgan fingerprint density at radius 2 is 1.32 bits per heavy atom. The molecule has 6 rings (SSSR count). The Labute approximate surface area is 461 Å². The SMILES string of the molecule is CO/N=C/c1ccc(COc2cc(C[N+]3(CC(=O)C[C@@H](CCc4ccccc4)C(=O)N[C@@H](CC(C)C)C(=O)C[C@@H](Cc4ccccc4)C(=O)N[C@@H](CC(C)C)C(=O)[C@@]4(C)CO4)CCOCC3)ccc2OC(=O)C(C)(C)C)cc1. The molecule has 2 N–H and O–H groups in total. The molecule has 2 heterocycles. The summed E-state index contributed by atoms with van der Waals surface area (Å²) in [5.74, 6) is -2.62. The van der Waals surface area contributed by atoms with Crippen LogP contribution in [-0.4, -0.2) is 110 Å². The molecule has 2 amide bonds. The predicted molar refractivity (Wildman–Crippen MR) is 300 cm³/mol. The predicted octanol–water partition coefficient (Wildman–Crippen LogP) is 8.99. The Morgan fingerprint density at radius 1 is 0.731 bits per heavy atom. The number of Topliss-reactive ketones (excluding diaryl/α,β-unsaturated/α-hetero) is 3. The standard InChI is InChI=1S/C63H82N4O11/c1-43(2)32-53(55(69)37-51(34-46-18-14-11-15-19-46)60(72)66-54(33-44(3)4)58(70)63(8)42-77-63)65-59(71)50(26-24-45-16-12-10-13-17-45)36-52(68)40-67(28-30-75-31-29-67)39-49-25-27-56(78-61(73)62(5,6)7)57(35-49)76-41-48-22-20-47(21-23-48)38-64-74-9/h10-23,25,27,35,38,43-44,50-51,53-54H,24,26,28-34,36-37,39-42H2,1-9H3,(H-,65,66,71,72)/p+1/b64-38+/t50-,51-,53+,54+,63-/m1/s1. The molecule has 0 saturated carbocycles. The molecule has 15 nitrogen and oxygen atoms in total. The number of carbonyl (C=O) groups is 6. The molecule has 2 fully saturated rings. The van der Waals surface area contributed by atoms with Crippen molar-refractivity contribution in [3.63, 3.8) is 0 Å². The minimum atomic E-state index is -0.944. The Kier molecular flexibility index (Phi) is 22.1. The summed E-state index contributed by atoms with van der Waals surface area (Å²) in [6.45, 7) is 18.0. The van der Waals surface area contributed by atoms with Crippen molar-refractivity contribution < 1.29 is 57.0 Å². The number of hydrogen-bond donors (Lipinski definition) is 2. The first-order chi connectivity index (χ1) is 37.1. The van der Waals surface area contributed by atoms with Gasteiger partial charge in [0.25, 0.3) is 0 Å². The number of nitrogens with zero attached hydrogens (tertiary/aromatic N) is 2. The van der Waals surface area contributed by atoms with Crippen LogP contribution in [0.3, 0.4) is 0 Å². The fraction of sp³-hybridized carbons (Fsp3) is 0.508. The minimum Gasteiger partial charge on any atom is -0.485 e. The molecular weight excluding hydrogens is 989 g/mol. The highest BCUT2D eigenvalue weighted by atomic mass is 16.6. The molecule has 0 radical (unpaired) electrons. The van der Waals surface area contributed by atoms with Crippen LogP contribution in [0, 0.1) is 29.1 Å². The number of quaternary nitrogens is 1. The Morgan fingerprint density at radius 3 is 1.92 bits per heavy atom. The number of benzene rings is 4. The summed E-state index contributed by atoms with van der Waals surface area (Å²) in [6.07, 6.45) is 3.27. The van der Waals surface area contributed by atoms with E-state index >= 15 is 0 Å². The van der Waals surface area contributed by atoms with Crippen molar-refractivity contribution in [2.45, 2.75) is 131 Å². The van der Waals surface area contributed by atoms with E-state index in [1.807, 2.05) is 125 Å². The van der Waals surface area contributed by atoms with Crippen molar-refractivity contribution in [3.8, 4) is 11.5 Å². The van der Waals surface area contributed by atoms with Crippen LogP contribution in [0.2, 0.25) is 0 Å². The molecule has 15 heteroatoms. The molecule has 5 atom stereocenters. The van der Waals surface area contributed by atoms with E-state index in [2.05, 4.69) is 15.8 Å². The van der Waals surface area contributed by atoms with Gasteiger partial charge in [-0.15, -0.1) is 0 Å². The normalized spacial score (nSPS) is 17.6. The maximum Gasteiger partial charge on any atom is 0.316 e. The third kappa shape index (κ3) is 18.8. The van der Waals surface area contributed by atoms with Crippen molar-refractivity contribution in [1.82, 2.24) is 10.6 Å². The number of morpholine rings is 1. The Hall–Kier alpha value is -6.55. The van der Waals surface area contributed by atoms with Gasteiger partial charge in [-0.05, 0) is 112 Å². The summed E-state index contributed by atoms with van der Waals surface area (Å²) in [7, 11) is 1.48. The number of aryl methyl sites for hydroxylation is 1. The lowest BCUT2D eigenvalue weighted by Crippen LogP contribution is -2.57. The van der Waals surface area contributed by atoms with Crippen molar-refractivity contribution in [1.29, 1.82) is 0 Å². The van der Waals surface area contributed by atoms with E-state index in [4.69, 9.17) is 23.8 Å². The van der Waals surface area contributed by atoms with E-state index in [9.17, 15) is 28.8 Å². The number of carbonyl (C=O) groups excluding carboxylic acids is 6. The monoisotopic (exact) mass is 1070 g/mol. The van der Waals surface area contributed by atoms with Crippen LogP contribution in [0.15, 0.2) is 108 Å². The zero-order chi connectivity index (χ0) is 56.5. The molecule has 0 unspecified atom stereocenters. The minimum absolute atomic E-state index is 0.00166. The summed E-state index contributed by atoms with van der Waals surface area (Å²) < 4.78 is 24.0. The zero-order valence-electron chi connectivity index (χ0n) is 47.3. The first-order valence-corrected chi connectivity index (χ1v) is 27.6. The second-order valence-corrected chi connectivity index (χ2v) is 23.4. The lowest BCUT2D eigenvalue weighted by molar-refractivity contribution is -0.940. The topological polar surface area (TPSA) is 188 Å². The van der Waals surface area contributed by atoms with Crippen LogP contribution in [0.1, 0.15) is 115 Å². The van der Waals surface area contributed by atoms with Gasteiger partial charge in [0.05, 0.1) is 43.5 Å². The molecule has 2 saturated heterocycles. The number of rotatable bonds is 30. The second kappa shape index (κ2) is 28.4. The van der Waals surface area contributed by atoms with Crippen molar-refractivity contribution >= 4 is 41.3 Å². The van der Waals surface area contributed by atoms with Gasteiger partial charge >= 0.3 is 5.97 Å². The van der Waals surface area contributed by atoms with Crippen LogP contribution in [0.25, 0.3) is 0 Å². The number of epoxide rings is 1.